The van der Waals surface area contributed by atoms with Crippen molar-refractivity contribution in [3.8, 4) is 5.75 Å². The Labute approximate surface area is 116 Å². The van der Waals surface area contributed by atoms with Crippen LogP contribution >= 0.6 is 0 Å². The molecule has 0 saturated heterocycles. The summed E-state index contributed by atoms with van der Waals surface area (Å²) in [5.74, 6) is 0.118. The highest BCUT2D eigenvalue weighted by Crippen LogP contribution is 2.37. The Morgan fingerprint density at radius 2 is 1.74 bits per heavy atom. The fourth-order valence-corrected chi connectivity index (χ4v) is 2.45. The average Bonchev–Trinajstić information content (AvgIpc) is 2.26. The SMILES string of the molecule is CC(C)(C)[Si](C)(C)Oc1ccc(CCC(=O)O)cc1. The first-order valence-corrected chi connectivity index (χ1v) is 9.52. The molecule has 1 rings (SSSR count). The standard InChI is InChI=1S/C15H24O3Si/c1-15(2,3)19(4,5)18-13-9-6-12(7-10-13)8-11-14(16)17/h6-7,9-10H,8,11H2,1-5H3,(H,16,17). The maximum absolute atomic E-state index is 10.5. The molecule has 0 heterocycles. The quantitative estimate of drug-likeness (QED) is 0.826. The molecule has 3 nitrogen and oxygen atoms in total. The van der Waals surface area contributed by atoms with E-state index in [4.69, 9.17) is 9.53 Å². The minimum atomic E-state index is -1.79. The lowest BCUT2D eigenvalue weighted by molar-refractivity contribution is -0.136. The van der Waals surface area contributed by atoms with Crippen LogP contribution in [0.4, 0.5) is 0 Å². The Hall–Kier alpha value is -1.29. The maximum Gasteiger partial charge on any atom is 0.303 e. The first-order chi connectivity index (χ1) is 8.62. The van der Waals surface area contributed by atoms with Crippen molar-refractivity contribution < 1.29 is 14.3 Å². The largest absolute Gasteiger partial charge is 0.544 e. The third-order valence-corrected chi connectivity index (χ3v) is 8.09. The van der Waals surface area contributed by atoms with Gasteiger partial charge >= 0.3 is 5.97 Å². The smallest absolute Gasteiger partial charge is 0.303 e. The topological polar surface area (TPSA) is 46.5 Å². The van der Waals surface area contributed by atoms with Crippen LogP contribution in [0.2, 0.25) is 18.1 Å². The monoisotopic (exact) mass is 280 g/mol. The molecule has 0 saturated carbocycles. The summed E-state index contributed by atoms with van der Waals surface area (Å²) in [6.45, 7) is 11.1. The second-order valence-electron chi connectivity index (χ2n) is 6.40. The van der Waals surface area contributed by atoms with Crippen molar-refractivity contribution in [2.24, 2.45) is 0 Å². The molecular weight excluding hydrogens is 256 g/mol. The van der Waals surface area contributed by atoms with Gasteiger partial charge in [-0.05, 0) is 42.2 Å². The van der Waals surface area contributed by atoms with Gasteiger partial charge in [0.1, 0.15) is 5.75 Å². The maximum atomic E-state index is 10.5. The van der Waals surface area contributed by atoms with Gasteiger partial charge in [-0.25, -0.2) is 0 Å². The molecular formula is C15H24O3Si. The molecule has 1 aromatic carbocycles. The lowest BCUT2D eigenvalue weighted by Crippen LogP contribution is -2.43. The second-order valence-corrected chi connectivity index (χ2v) is 11.1. The molecule has 106 valence electrons. The summed E-state index contributed by atoms with van der Waals surface area (Å²) in [7, 11) is -1.79. The van der Waals surface area contributed by atoms with Crippen molar-refractivity contribution in [2.75, 3.05) is 0 Å². The summed E-state index contributed by atoms with van der Waals surface area (Å²) < 4.78 is 6.17. The molecule has 0 spiro atoms. The highest BCUT2D eigenvalue weighted by Gasteiger charge is 2.38. The predicted molar refractivity (Wildman–Crippen MR) is 80.2 cm³/mol. The second kappa shape index (κ2) is 5.78. The zero-order chi connectivity index (χ0) is 14.7. The lowest BCUT2D eigenvalue weighted by atomic mass is 10.1. The van der Waals surface area contributed by atoms with E-state index in [2.05, 4.69) is 33.9 Å². The Bertz CT molecular complexity index is 430. The van der Waals surface area contributed by atoms with Crippen LogP contribution < -0.4 is 4.43 Å². The van der Waals surface area contributed by atoms with Crippen molar-refractivity contribution >= 4 is 14.3 Å². The number of benzene rings is 1. The third-order valence-electron chi connectivity index (χ3n) is 3.73. The van der Waals surface area contributed by atoms with Gasteiger partial charge in [0.15, 0.2) is 0 Å². The van der Waals surface area contributed by atoms with Crippen molar-refractivity contribution in [3.05, 3.63) is 29.8 Å². The van der Waals surface area contributed by atoms with E-state index in [-0.39, 0.29) is 11.5 Å². The van der Waals surface area contributed by atoms with Crippen LogP contribution in [0.1, 0.15) is 32.8 Å². The molecule has 0 bridgehead atoms. The van der Waals surface area contributed by atoms with Gasteiger partial charge in [-0.1, -0.05) is 32.9 Å². The van der Waals surface area contributed by atoms with Gasteiger partial charge in [-0.15, -0.1) is 0 Å². The van der Waals surface area contributed by atoms with Gasteiger partial charge in [0.05, 0.1) is 0 Å². The van der Waals surface area contributed by atoms with Crippen LogP contribution in [0.3, 0.4) is 0 Å². The summed E-state index contributed by atoms with van der Waals surface area (Å²) in [5.41, 5.74) is 1.03. The minimum Gasteiger partial charge on any atom is -0.544 e. The molecule has 0 aliphatic carbocycles. The molecule has 1 N–H and O–H groups in total. The van der Waals surface area contributed by atoms with E-state index >= 15 is 0 Å². The average molecular weight is 280 g/mol. The Balaban J connectivity index is 2.69. The number of rotatable bonds is 5. The summed E-state index contributed by atoms with van der Waals surface area (Å²) in [6.07, 6.45) is 0.734. The number of carbonyl (C=O) groups is 1. The number of carboxylic acid groups (broad SMARTS) is 1. The molecule has 0 unspecified atom stereocenters. The minimum absolute atomic E-state index is 0.169. The van der Waals surface area contributed by atoms with Crippen molar-refractivity contribution in [2.45, 2.75) is 51.7 Å². The van der Waals surface area contributed by atoms with Crippen LogP contribution in [0.5, 0.6) is 5.75 Å². The van der Waals surface area contributed by atoms with Crippen molar-refractivity contribution in [1.82, 2.24) is 0 Å². The molecule has 0 atom stereocenters. The Morgan fingerprint density at radius 1 is 1.21 bits per heavy atom. The molecule has 0 aliphatic rings. The molecule has 0 fully saturated rings. The van der Waals surface area contributed by atoms with Crippen LogP contribution in [0.25, 0.3) is 0 Å². The van der Waals surface area contributed by atoms with E-state index < -0.39 is 14.3 Å². The molecule has 0 amide bonds. The van der Waals surface area contributed by atoms with E-state index in [0.717, 1.165) is 11.3 Å². The van der Waals surface area contributed by atoms with Gasteiger partial charge in [0, 0.05) is 6.42 Å². The van der Waals surface area contributed by atoms with E-state index in [1.165, 1.54) is 0 Å². The number of hydrogen-bond donors (Lipinski definition) is 1. The van der Waals surface area contributed by atoms with Gasteiger partial charge in [0.2, 0.25) is 8.32 Å². The Kier molecular flexibility index (Phi) is 4.79. The highest BCUT2D eigenvalue weighted by molar-refractivity contribution is 6.74. The van der Waals surface area contributed by atoms with Gasteiger partial charge < -0.3 is 9.53 Å². The first kappa shape index (κ1) is 15.8. The van der Waals surface area contributed by atoms with Crippen molar-refractivity contribution in [3.63, 3.8) is 0 Å². The molecule has 0 aliphatic heterocycles. The van der Waals surface area contributed by atoms with Crippen LogP contribution in [-0.2, 0) is 11.2 Å². The van der Waals surface area contributed by atoms with Crippen LogP contribution in [0.15, 0.2) is 24.3 Å². The summed E-state index contributed by atoms with van der Waals surface area (Å²) >= 11 is 0. The van der Waals surface area contributed by atoms with Gasteiger partial charge in [-0.3, -0.25) is 4.79 Å². The van der Waals surface area contributed by atoms with Gasteiger partial charge in [0.25, 0.3) is 0 Å². The zero-order valence-corrected chi connectivity index (χ0v) is 13.5. The number of hydrogen-bond acceptors (Lipinski definition) is 2. The van der Waals surface area contributed by atoms with E-state index in [9.17, 15) is 4.79 Å². The van der Waals surface area contributed by atoms with E-state index in [0.29, 0.717) is 6.42 Å². The number of aliphatic carboxylic acids is 1. The van der Waals surface area contributed by atoms with E-state index in [1.807, 2.05) is 24.3 Å². The molecule has 1 aromatic rings. The molecule has 4 heteroatoms. The van der Waals surface area contributed by atoms with E-state index in [1.54, 1.807) is 0 Å². The molecule has 0 aromatic heterocycles. The normalized spacial score (nSPS) is 12.3. The van der Waals surface area contributed by atoms with Gasteiger partial charge in [-0.2, -0.15) is 0 Å². The number of aryl methyl sites for hydroxylation is 1. The summed E-state index contributed by atoms with van der Waals surface area (Å²) in [4.78, 5) is 10.5. The first-order valence-electron chi connectivity index (χ1n) is 6.61. The lowest BCUT2D eigenvalue weighted by Gasteiger charge is -2.36. The van der Waals surface area contributed by atoms with Crippen LogP contribution in [-0.4, -0.2) is 19.4 Å². The summed E-state index contributed by atoms with van der Waals surface area (Å²) in [6, 6.07) is 7.78. The highest BCUT2D eigenvalue weighted by atomic mass is 28.4. The number of carboxylic acids is 1. The Morgan fingerprint density at radius 3 is 2.16 bits per heavy atom. The predicted octanol–water partition coefficient (Wildman–Crippen LogP) is 4.09. The van der Waals surface area contributed by atoms with Crippen molar-refractivity contribution in [1.29, 1.82) is 0 Å². The zero-order valence-electron chi connectivity index (χ0n) is 12.5. The summed E-state index contributed by atoms with van der Waals surface area (Å²) in [5, 5.41) is 8.83. The fraction of sp³-hybridized carbons (Fsp3) is 0.533. The molecule has 0 radical (unpaired) electrons. The fourth-order valence-electron chi connectivity index (χ4n) is 1.42. The molecule has 19 heavy (non-hydrogen) atoms. The van der Waals surface area contributed by atoms with Crippen LogP contribution in [0, 0.1) is 0 Å². The third kappa shape index (κ3) is 4.71.